The van der Waals surface area contributed by atoms with Crippen LogP contribution >= 0.6 is 11.6 Å². The minimum atomic E-state index is -0.503. The monoisotopic (exact) mass is 392 g/mol. The molecule has 0 unspecified atom stereocenters. The van der Waals surface area contributed by atoms with Gasteiger partial charge in [0.15, 0.2) is 0 Å². The van der Waals surface area contributed by atoms with Crippen molar-refractivity contribution in [3.8, 4) is 5.82 Å². The fourth-order valence-electron chi connectivity index (χ4n) is 3.31. The highest BCUT2D eigenvalue weighted by Crippen LogP contribution is 2.26. The average Bonchev–Trinajstić information content (AvgIpc) is 3.11. The number of carbonyl (C=O) groups excluding carboxylic acids is 2. The normalized spacial score (nSPS) is 15.4. The van der Waals surface area contributed by atoms with E-state index in [1.807, 2.05) is 42.7 Å². The van der Waals surface area contributed by atoms with Crippen molar-refractivity contribution in [3.63, 3.8) is 0 Å². The lowest BCUT2D eigenvalue weighted by Gasteiger charge is -2.11. The van der Waals surface area contributed by atoms with Gasteiger partial charge in [0.05, 0.1) is 5.69 Å². The quantitative estimate of drug-likeness (QED) is 0.535. The molecule has 0 aliphatic carbocycles. The second-order valence-electron chi connectivity index (χ2n) is 6.46. The number of imide groups is 1. The number of amides is 3. The van der Waals surface area contributed by atoms with Gasteiger partial charge in [-0.3, -0.25) is 4.79 Å². The van der Waals surface area contributed by atoms with Gasteiger partial charge in [0.25, 0.3) is 5.91 Å². The van der Waals surface area contributed by atoms with Gasteiger partial charge >= 0.3 is 6.03 Å². The molecule has 0 atom stereocenters. The number of urea groups is 1. The molecule has 1 saturated heterocycles. The van der Waals surface area contributed by atoms with Crippen molar-refractivity contribution in [2.45, 2.75) is 13.8 Å². The number of anilines is 1. The van der Waals surface area contributed by atoms with Crippen molar-refractivity contribution in [1.29, 1.82) is 0 Å². The minimum absolute atomic E-state index is 0.214. The van der Waals surface area contributed by atoms with Crippen LogP contribution in [0.25, 0.3) is 11.9 Å². The van der Waals surface area contributed by atoms with Crippen molar-refractivity contribution >= 4 is 35.3 Å². The van der Waals surface area contributed by atoms with Crippen molar-refractivity contribution < 1.29 is 9.59 Å². The van der Waals surface area contributed by atoms with Crippen LogP contribution in [0.3, 0.4) is 0 Å². The Morgan fingerprint density at radius 3 is 2.61 bits per heavy atom. The lowest BCUT2D eigenvalue weighted by atomic mass is 10.2. The molecule has 1 N–H and O–H groups in total. The first-order chi connectivity index (χ1) is 13.5. The van der Waals surface area contributed by atoms with E-state index in [0.29, 0.717) is 10.7 Å². The predicted molar refractivity (Wildman–Crippen MR) is 108 cm³/mol. The first-order valence-electron chi connectivity index (χ1n) is 8.69. The Kier molecular flexibility index (Phi) is 4.49. The van der Waals surface area contributed by atoms with Crippen LogP contribution in [0.4, 0.5) is 10.5 Å². The Balaban J connectivity index is 1.71. The van der Waals surface area contributed by atoms with Gasteiger partial charge < -0.3 is 9.88 Å². The molecule has 3 heterocycles. The maximum atomic E-state index is 12.8. The van der Waals surface area contributed by atoms with Gasteiger partial charge in [0, 0.05) is 22.6 Å². The minimum Gasteiger partial charge on any atom is -0.303 e. The van der Waals surface area contributed by atoms with Crippen LogP contribution in [0, 0.1) is 13.8 Å². The summed E-state index contributed by atoms with van der Waals surface area (Å²) in [6, 6.07) is 13.8. The van der Waals surface area contributed by atoms with Gasteiger partial charge in [-0.2, -0.15) is 0 Å². The van der Waals surface area contributed by atoms with Gasteiger partial charge in [-0.1, -0.05) is 23.7 Å². The molecule has 0 spiro atoms. The summed E-state index contributed by atoms with van der Waals surface area (Å²) in [6.45, 7) is 3.92. The average molecular weight is 393 g/mol. The summed E-state index contributed by atoms with van der Waals surface area (Å²) in [5, 5.41) is 3.10. The number of nitrogens with one attached hydrogen (secondary N) is 1. The molecule has 0 radical (unpaired) electrons. The van der Waals surface area contributed by atoms with E-state index in [9.17, 15) is 9.59 Å². The van der Waals surface area contributed by atoms with E-state index in [4.69, 9.17) is 11.6 Å². The van der Waals surface area contributed by atoms with Crippen LogP contribution in [-0.4, -0.2) is 21.5 Å². The molecule has 4 rings (SSSR count). The van der Waals surface area contributed by atoms with Gasteiger partial charge in [-0.25, -0.2) is 14.7 Å². The van der Waals surface area contributed by atoms with Gasteiger partial charge in [0.1, 0.15) is 11.5 Å². The van der Waals surface area contributed by atoms with Crippen molar-refractivity contribution in [2.75, 3.05) is 4.90 Å². The lowest BCUT2D eigenvalue weighted by molar-refractivity contribution is -0.113. The Hall–Kier alpha value is -3.38. The number of pyridine rings is 1. The summed E-state index contributed by atoms with van der Waals surface area (Å²) in [5.41, 5.74) is 3.38. The molecule has 6 nitrogen and oxygen atoms in total. The van der Waals surface area contributed by atoms with E-state index in [2.05, 4.69) is 10.3 Å². The zero-order chi connectivity index (χ0) is 19.8. The molecule has 1 aromatic carbocycles. The third-order valence-electron chi connectivity index (χ3n) is 4.59. The largest absolute Gasteiger partial charge is 0.333 e. The molecule has 1 aliphatic rings. The number of aryl methyl sites for hydroxylation is 1. The second kappa shape index (κ2) is 6.98. The maximum absolute atomic E-state index is 12.8. The van der Waals surface area contributed by atoms with E-state index in [1.165, 1.54) is 0 Å². The summed E-state index contributed by atoms with van der Waals surface area (Å²) in [7, 11) is 0. The number of nitrogens with zero attached hydrogens (tertiary/aromatic N) is 3. The molecule has 1 fully saturated rings. The van der Waals surface area contributed by atoms with Crippen LogP contribution in [0.15, 0.2) is 60.4 Å². The number of carbonyl (C=O) groups is 2. The van der Waals surface area contributed by atoms with E-state index in [-0.39, 0.29) is 5.70 Å². The maximum Gasteiger partial charge on any atom is 0.333 e. The smallest absolute Gasteiger partial charge is 0.303 e. The topological polar surface area (TPSA) is 67.2 Å². The molecular formula is C21H17ClN4O2. The van der Waals surface area contributed by atoms with Gasteiger partial charge in [-0.05, 0) is 61.9 Å². The van der Waals surface area contributed by atoms with Crippen LogP contribution in [-0.2, 0) is 4.79 Å². The first-order valence-corrected chi connectivity index (χ1v) is 9.06. The number of halogens is 1. The molecule has 2 aromatic heterocycles. The molecule has 3 amide bonds. The standard InChI is InChI=1S/C21H17ClN4O2/c1-13-10-15(14(2)25(13)19-8-3-4-9-23-19)11-18-20(27)26(21(28)24-18)17-7-5-6-16(22)12-17/h3-12H,1-2H3,(H,24,28)/b18-11+. The van der Waals surface area contributed by atoms with Crippen LogP contribution < -0.4 is 10.2 Å². The van der Waals surface area contributed by atoms with Crippen molar-refractivity contribution in [1.82, 2.24) is 14.9 Å². The predicted octanol–water partition coefficient (Wildman–Crippen LogP) is 4.24. The Bertz CT molecular complexity index is 1120. The van der Waals surface area contributed by atoms with E-state index < -0.39 is 11.9 Å². The fraction of sp³-hybridized carbons (Fsp3) is 0.0952. The SMILES string of the molecule is Cc1cc(/C=C2/NC(=O)N(c3cccc(Cl)c3)C2=O)c(C)n1-c1ccccn1. The molecule has 0 bridgehead atoms. The first kappa shape index (κ1) is 18.0. The van der Waals surface area contributed by atoms with Gasteiger partial charge in [-0.15, -0.1) is 0 Å². The van der Waals surface area contributed by atoms with Crippen molar-refractivity contribution in [2.24, 2.45) is 0 Å². The molecule has 7 heteroatoms. The summed E-state index contributed by atoms with van der Waals surface area (Å²) in [5.74, 6) is 0.374. The highest BCUT2D eigenvalue weighted by Gasteiger charge is 2.35. The zero-order valence-corrected chi connectivity index (χ0v) is 16.1. The third kappa shape index (κ3) is 3.08. The molecule has 28 heavy (non-hydrogen) atoms. The summed E-state index contributed by atoms with van der Waals surface area (Å²) in [4.78, 5) is 30.7. The number of rotatable bonds is 3. The summed E-state index contributed by atoms with van der Waals surface area (Å²) in [6.07, 6.45) is 3.42. The van der Waals surface area contributed by atoms with E-state index in [0.717, 1.165) is 27.7 Å². The highest BCUT2D eigenvalue weighted by molar-refractivity contribution is 6.32. The zero-order valence-electron chi connectivity index (χ0n) is 15.3. The molecule has 3 aromatic rings. The summed E-state index contributed by atoms with van der Waals surface area (Å²) < 4.78 is 2.00. The van der Waals surface area contributed by atoms with Crippen LogP contribution in [0.5, 0.6) is 0 Å². The highest BCUT2D eigenvalue weighted by atomic mass is 35.5. The summed E-state index contributed by atoms with van der Waals surface area (Å²) >= 11 is 5.99. The van der Waals surface area contributed by atoms with Crippen LogP contribution in [0.1, 0.15) is 17.0 Å². The number of hydrogen-bond acceptors (Lipinski definition) is 3. The number of hydrogen-bond donors (Lipinski definition) is 1. The van der Waals surface area contributed by atoms with E-state index >= 15 is 0 Å². The van der Waals surface area contributed by atoms with Crippen molar-refractivity contribution in [3.05, 3.63) is 82.4 Å². The fourth-order valence-corrected chi connectivity index (χ4v) is 3.50. The Labute approximate surface area is 167 Å². The molecule has 140 valence electrons. The number of aromatic nitrogens is 2. The van der Waals surface area contributed by atoms with Gasteiger partial charge in [0.2, 0.25) is 0 Å². The molecule has 1 aliphatic heterocycles. The number of benzene rings is 1. The van der Waals surface area contributed by atoms with E-state index in [1.54, 1.807) is 36.5 Å². The lowest BCUT2D eigenvalue weighted by Crippen LogP contribution is -2.30. The third-order valence-corrected chi connectivity index (χ3v) is 4.83. The second-order valence-corrected chi connectivity index (χ2v) is 6.89. The Morgan fingerprint density at radius 2 is 1.89 bits per heavy atom. The molecule has 0 saturated carbocycles. The Morgan fingerprint density at radius 1 is 1.07 bits per heavy atom. The van der Waals surface area contributed by atoms with Crippen LogP contribution in [0.2, 0.25) is 5.02 Å². The molecular weight excluding hydrogens is 376 g/mol.